The van der Waals surface area contributed by atoms with Crippen molar-refractivity contribution in [2.45, 2.75) is 32.4 Å². The van der Waals surface area contributed by atoms with Crippen LogP contribution in [-0.4, -0.2) is 63.1 Å². The summed E-state index contributed by atoms with van der Waals surface area (Å²) in [5.41, 5.74) is 8.59. The van der Waals surface area contributed by atoms with Gasteiger partial charge in [0.15, 0.2) is 17.0 Å². The Labute approximate surface area is 195 Å². The highest BCUT2D eigenvalue weighted by molar-refractivity contribution is 5.97. The van der Waals surface area contributed by atoms with Gasteiger partial charge in [0.05, 0.1) is 25.5 Å². The zero-order valence-electron chi connectivity index (χ0n) is 19.0. The molecule has 1 atom stereocenters. The Morgan fingerprint density at radius 1 is 1.18 bits per heavy atom. The molecule has 0 bridgehead atoms. The summed E-state index contributed by atoms with van der Waals surface area (Å²) >= 11 is 0. The van der Waals surface area contributed by atoms with Crippen LogP contribution in [0.1, 0.15) is 34.7 Å². The van der Waals surface area contributed by atoms with Crippen molar-refractivity contribution in [3.8, 4) is 0 Å². The van der Waals surface area contributed by atoms with E-state index in [1.54, 1.807) is 37.4 Å². The van der Waals surface area contributed by atoms with Crippen LogP contribution in [-0.2, 0) is 20.9 Å². The number of carbonyl (C=O) groups is 3. The number of amides is 1. The van der Waals surface area contributed by atoms with Crippen LogP contribution >= 0.6 is 0 Å². The molecular weight excluding hydrogens is 442 g/mol. The van der Waals surface area contributed by atoms with Crippen LogP contribution in [0, 0.1) is 6.92 Å². The molecule has 12 heteroatoms. The molecular formula is C22H25N7O5. The minimum absolute atomic E-state index is 0.0729. The first-order valence-electron chi connectivity index (χ1n) is 10.4. The van der Waals surface area contributed by atoms with Gasteiger partial charge in [-0.15, -0.1) is 0 Å². The summed E-state index contributed by atoms with van der Waals surface area (Å²) in [4.78, 5) is 54.3. The third-order valence-corrected chi connectivity index (χ3v) is 5.00. The number of nitrogens with two attached hydrogens (primary N) is 1. The number of rotatable bonds is 9. The number of fused-ring (bicyclic) bond motifs is 1. The highest BCUT2D eigenvalue weighted by Crippen LogP contribution is 2.18. The molecule has 34 heavy (non-hydrogen) atoms. The highest BCUT2D eigenvalue weighted by atomic mass is 16.5. The summed E-state index contributed by atoms with van der Waals surface area (Å²) in [7, 11) is 3.03. The molecule has 3 aromatic rings. The Balaban J connectivity index is 1.68. The van der Waals surface area contributed by atoms with Crippen LogP contribution in [0.15, 0.2) is 30.5 Å². The first kappa shape index (κ1) is 24.3. The lowest BCUT2D eigenvalue weighted by Crippen LogP contribution is -2.41. The fourth-order valence-electron chi connectivity index (χ4n) is 3.26. The second-order valence-corrected chi connectivity index (χ2v) is 7.57. The zero-order valence-corrected chi connectivity index (χ0v) is 19.0. The molecule has 0 unspecified atom stereocenters. The molecule has 0 spiro atoms. The van der Waals surface area contributed by atoms with Crippen LogP contribution in [0.5, 0.6) is 0 Å². The summed E-state index contributed by atoms with van der Waals surface area (Å²) in [6, 6.07) is 5.65. The molecule has 0 fully saturated rings. The number of carboxylic acid groups (broad SMARTS) is 1. The quantitative estimate of drug-likeness (QED) is 0.384. The van der Waals surface area contributed by atoms with Crippen molar-refractivity contribution < 1.29 is 24.2 Å². The van der Waals surface area contributed by atoms with E-state index in [0.717, 1.165) is 5.69 Å². The van der Waals surface area contributed by atoms with E-state index in [2.05, 4.69) is 30.0 Å². The number of nitrogens with zero attached hydrogens (tertiary/aromatic N) is 5. The smallest absolute Gasteiger partial charge is 0.328 e. The van der Waals surface area contributed by atoms with Gasteiger partial charge in [0.25, 0.3) is 5.91 Å². The van der Waals surface area contributed by atoms with Crippen molar-refractivity contribution in [2.24, 2.45) is 0 Å². The van der Waals surface area contributed by atoms with Crippen LogP contribution in [0.2, 0.25) is 0 Å². The number of methoxy groups -OCH3 is 1. The molecule has 1 aromatic carbocycles. The van der Waals surface area contributed by atoms with E-state index in [4.69, 9.17) is 10.8 Å². The average Bonchev–Trinajstić information content (AvgIpc) is 2.81. The molecule has 4 N–H and O–H groups in total. The maximum Gasteiger partial charge on any atom is 0.328 e. The van der Waals surface area contributed by atoms with Crippen LogP contribution in [0.25, 0.3) is 11.2 Å². The number of nitrogen functional groups attached to an aromatic ring is 1. The van der Waals surface area contributed by atoms with Crippen molar-refractivity contribution in [3.05, 3.63) is 47.5 Å². The first-order chi connectivity index (χ1) is 16.2. The minimum Gasteiger partial charge on any atom is -0.481 e. The van der Waals surface area contributed by atoms with Crippen LogP contribution in [0.3, 0.4) is 0 Å². The molecule has 178 valence electrons. The third kappa shape index (κ3) is 5.91. The Morgan fingerprint density at radius 2 is 1.88 bits per heavy atom. The normalized spacial score (nSPS) is 11.6. The van der Waals surface area contributed by atoms with Gasteiger partial charge in [0.2, 0.25) is 0 Å². The van der Waals surface area contributed by atoms with E-state index in [1.807, 2.05) is 11.9 Å². The minimum atomic E-state index is -1.07. The fourth-order valence-corrected chi connectivity index (χ4v) is 3.26. The van der Waals surface area contributed by atoms with Gasteiger partial charge in [-0.05, 0) is 37.6 Å². The van der Waals surface area contributed by atoms with Crippen molar-refractivity contribution in [2.75, 3.05) is 24.8 Å². The van der Waals surface area contributed by atoms with Gasteiger partial charge >= 0.3 is 11.9 Å². The van der Waals surface area contributed by atoms with Crippen LogP contribution in [0.4, 0.5) is 11.5 Å². The Morgan fingerprint density at radius 3 is 2.53 bits per heavy atom. The summed E-state index contributed by atoms with van der Waals surface area (Å²) in [5.74, 6) is -1.50. The summed E-state index contributed by atoms with van der Waals surface area (Å²) in [6.45, 7) is 2.15. The van der Waals surface area contributed by atoms with E-state index in [9.17, 15) is 14.4 Å². The number of nitrogens with one attached hydrogen (secondary N) is 1. The van der Waals surface area contributed by atoms with Crippen molar-refractivity contribution in [3.63, 3.8) is 0 Å². The highest BCUT2D eigenvalue weighted by Gasteiger charge is 2.23. The lowest BCUT2D eigenvalue weighted by Gasteiger charge is -2.20. The maximum absolute atomic E-state index is 12.6. The van der Waals surface area contributed by atoms with Gasteiger partial charge < -0.3 is 25.8 Å². The zero-order chi connectivity index (χ0) is 24.8. The van der Waals surface area contributed by atoms with Gasteiger partial charge in [-0.1, -0.05) is 0 Å². The van der Waals surface area contributed by atoms with Crippen molar-refractivity contribution in [1.29, 1.82) is 0 Å². The molecule has 0 radical (unpaired) electrons. The maximum atomic E-state index is 12.6. The number of aryl methyl sites for hydroxylation is 1. The Hall–Kier alpha value is -4.35. The molecule has 0 saturated carbocycles. The molecule has 3 rings (SSSR count). The molecule has 0 aliphatic heterocycles. The van der Waals surface area contributed by atoms with E-state index in [0.29, 0.717) is 34.8 Å². The third-order valence-electron chi connectivity index (χ3n) is 5.00. The molecule has 2 heterocycles. The van der Waals surface area contributed by atoms with Crippen LogP contribution < -0.4 is 16.0 Å². The predicted molar refractivity (Wildman–Crippen MR) is 123 cm³/mol. The number of hydrogen-bond acceptors (Lipinski definition) is 10. The number of benzene rings is 1. The lowest BCUT2D eigenvalue weighted by atomic mass is 10.1. The fraction of sp³-hybridized carbons (Fsp3) is 0.318. The van der Waals surface area contributed by atoms with E-state index in [-0.39, 0.29) is 18.7 Å². The van der Waals surface area contributed by atoms with Gasteiger partial charge in [0, 0.05) is 24.7 Å². The second-order valence-electron chi connectivity index (χ2n) is 7.57. The van der Waals surface area contributed by atoms with Gasteiger partial charge in [-0.2, -0.15) is 0 Å². The van der Waals surface area contributed by atoms with Crippen molar-refractivity contribution in [1.82, 2.24) is 25.3 Å². The summed E-state index contributed by atoms with van der Waals surface area (Å²) in [6.07, 6.45) is 1.27. The second kappa shape index (κ2) is 10.5. The number of aromatic nitrogens is 4. The first-order valence-corrected chi connectivity index (χ1v) is 10.4. The van der Waals surface area contributed by atoms with E-state index in [1.165, 1.54) is 7.11 Å². The molecule has 0 aliphatic carbocycles. The number of esters is 1. The van der Waals surface area contributed by atoms with E-state index >= 15 is 0 Å². The average molecular weight is 467 g/mol. The Bertz CT molecular complexity index is 1220. The van der Waals surface area contributed by atoms with E-state index < -0.39 is 23.9 Å². The van der Waals surface area contributed by atoms with Gasteiger partial charge in [-0.3, -0.25) is 9.59 Å². The summed E-state index contributed by atoms with van der Waals surface area (Å²) in [5, 5.41) is 11.4. The number of carboxylic acids is 1. The topological polar surface area (TPSA) is 174 Å². The number of carbonyl (C=O) groups excluding carboxylic acids is 2. The molecule has 0 aliphatic rings. The SMILES string of the molecule is COC(=O)[C@H](CCC(=O)O)NC(=O)c1ccc(N(C)Cc2cnc3nc(C)nc(N)c3n2)cc1. The standard InChI is InChI=1S/C22H25N7O5/c1-12-25-19(23)18-20(26-12)24-10-14(27-18)11-29(2)15-6-4-13(5-7-15)21(32)28-16(22(33)34-3)8-9-17(30)31/h4-7,10,16H,8-9,11H2,1-3H3,(H,28,32)(H,30,31)(H2,23,24,25,26)/t16-/m0/s1. The van der Waals surface area contributed by atoms with Gasteiger partial charge in [0.1, 0.15) is 11.9 Å². The summed E-state index contributed by atoms with van der Waals surface area (Å²) < 4.78 is 4.65. The molecule has 1 amide bonds. The number of aliphatic carboxylic acids is 1. The number of ether oxygens (including phenoxy) is 1. The van der Waals surface area contributed by atoms with Gasteiger partial charge in [-0.25, -0.2) is 24.7 Å². The lowest BCUT2D eigenvalue weighted by molar-refractivity contribution is -0.143. The molecule has 2 aromatic heterocycles. The largest absolute Gasteiger partial charge is 0.481 e. The Kier molecular flexibility index (Phi) is 7.51. The molecule has 0 saturated heterocycles. The predicted octanol–water partition coefficient (Wildman–Crippen LogP) is 1.08. The molecule has 12 nitrogen and oxygen atoms in total. The number of hydrogen-bond donors (Lipinski definition) is 3. The number of anilines is 2. The monoisotopic (exact) mass is 467 g/mol. The van der Waals surface area contributed by atoms with Crippen molar-refractivity contribution >= 4 is 40.5 Å².